The zero-order valence-electron chi connectivity index (χ0n) is 17.0. The molecule has 0 aliphatic carbocycles. The van der Waals surface area contributed by atoms with Crippen molar-refractivity contribution >= 4 is 68.8 Å². The van der Waals surface area contributed by atoms with Crippen LogP contribution in [0.3, 0.4) is 0 Å². The predicted octanol–water partition coefficient (Wildman–Crippen LogP) is 6.55. The number of nitrogens with one attached hydrogen (secondary N) is 1. The molecule has 10 heteroatoms. The number of ether oxygens (including phenoxy) is 2. The molecule has 0 aromatic heterocycles. The van der Waals surface area contributed by atoms with E-state index in [1.54, 1.807) is 61.5 Å². The van der Waals surface area contributed by atoms with Crippen molar-refractivity contribution in [3.8, 4) is 11.5 Å². The van der Waals surface area contributed by atoms with Crippen molar-refractivity contribution in [3.63, 3.8) is 0 Å². The molecule has 0 heterocycles. The summed E-state index contributed by atoms with van der Waals surface area (Å²) in [4.78, 5) is 24.8. The van der Waals surface area contributed by atoms with E-state index in [-0.39, 0.29) is 21.4 Å². The highest BCUT2D eigenvalue weighted by Crippen LogP contribution is 2.28. The maximum atomic E-state index is 12.5. The van der Waals surface area contributed by atoms with Gasteiger partial charge >= 0.3 is 5.97 Å². The van der Waals surface area contributed by atoms with Gasteiger partial charge in [0.25, 0.3) is 5.91 Å². The van der Waals surface area contributed by atoms with Gasteiger partial charge in [-0.1, -0.05) is 62.9 Å². The van der Waals surface area contributed by atoms with Gasteiger partial charge in [-0.05, 0) is 55.5 Å². The van der Waals surface area contributed by atoms with Gasteiger partial charge in [-0.2, -0.15) is 5.10 Å². The van der Waals surface area contributed by atoms with Crippen LogP contribution >= 0.6 is 50.7 Å². The number of rotatable bonds is 7. The summed E-state index contributed by atoms with van der Waals surface area (Å²) < 4.78 is 11.8. The van der Waals surface area contributed by atoms with E-state index in [9.17, 15) is 9.59 Å². The number of halogens is 4. The van der Waals surface area contributed by atoms with E-state index < -0.39 is 18.0 Å². The van der Waals surface area contributed by atoms with E-state index in [1.165, 1.54) is 12.3 Å². The molecule has 3 aromatic carbocycles. The van der Waals surface area contributed by atoms with Crippen LogP contribution in [0, 0.1) is 0 Å². The third kappa shape index (κ3) is 6.95. The first kappa shape index (κ1) is 25.1. The quantitative estimate of drug-likeness (QED) is 0.151. The number of nitrogens with zero attached hydrogens (tertiary/aromatic N) is 1. The van der Waals surface area contributed by atoms with Crippen molar-refractivity contribution in [2.45, 2.75) is 13.0 Å². The number of hydrogen-bond donors (Lipinski definition) is 1. The SMILES string of the molecule is C[C@H](Oc1ccc(Cl)cc1Cl)C(=O)N/N=C\c1cc(Br)ccc1OC(=O)c1ccccc1Cl. The molecule has 0 aliphatic heterocycles. The Balaban J connectivity index is 1.68. The fourth-order valence-electron chi connectivity index (χ4n) is 2.57. The zero-order chi connectivity index (χ0) is 24.0. The Morgan fingerprint density at radius 1 is 1.00 bits per heavy atom. The number of hydrogen-bond acceptors (Lipinski definition) is 5. The zero-order valence-corrected chi connectivity index (χ0v) is 20.9. The van der Waals surface area contributed by atoms with Gasteiger partial charge in [0.15, 0.2) is 6.10 Å². The summed E-state index contributed by atoms with van der Waals surface area (Å²) in [5, 5.41) is 4.95. The molecule has 0 aliphatic rings. The Labute approximate surface area is 213 Å². The van der Waals surface area contributed by atoms with Crippen molar-refractivity contribution in [2.24, 2.45) is 5.10 Å². The first-order valence-corrected chi connectivity index (χ1v) is 11.4. The number of benzene rings is 3. The maximum absolute atomic E-state index is 12.5. The minimum absolute atomic E-state index is 0.227. The van der Waals surface area contributed by atoms with Gasteiger partial charge in [-0.15, -0.1) is 0 Å². The highest BCUT2D eigenvalue weighted by molar-refractivity contribution is 9.10. The summed E-state index contributed by atoms with van der Waals surface area (Å²) in [6, 6.07) is 16.2. The third-order valence-electron chi connectivity index (χ3n) is 4.21. The molecule has 1 atom stereocenters. The molecule has 0 unspecified atom stereocenters. The topological polar surface area (TPSA) is 77.0 Å². The minimum Gasteiger partial charge on any atom is -0.479 e. The molecule has 0 saturated carbocycles. The molecule has 33 heavy (non-hydrogen) atoms. The Morgan fingerprint density at radius 2 is 1.73 bits per heavy atom. The lowest BCUT2D eigenvalue weighted by molar-refractivity contribution is -0.127. The number of carbonyl (C=O) groups is 2. The third-order valence-corrected chi connectivity index (χ3v) is 5.57. The fraction of sp³-hybridized carbons (Fsp3) is 0.0870. The fourth-order valence-corrected chi connectivity index (χ4v) is 3.61. The average molecular weight is 571 g/mol. The van der Waals surface area contributed by atoms with Gasteiger partial charge < -0.3 is 9.47 Å². The largest absolute Gasteiger partial charge is 0.479 e. The van der Waals surface area contributed by atoms with Crippen molar-refractivity contribution < 1.29 is 19.1 Å². The molecular formula is C23H16BrCl3N2O4. The lowest BCUT2D eigenvalue weighted by Gasteiger charge is -2.14. The van der Waals surface area contributed by atoms with Gasteiger partial charge in [-0.25, -0.2) is 10.2 Å². The highest BCUT2D eigenvalue weighted by atomic mass is 79.9. The van der Waals surface area contributed by atoms with Gasteiger partial charge in [0.05, 0.1) is 21.8 Å². The van der Waals surface area contributed by atoms with Gasteiger partial charge in [-0.3, -0.25) is 4.79 Å². The van der Waals surface area contributed by atoms with Crippen LogP contribution < -0.4 is 14.9 Å². The number of carbonyl (C=O) groups excluding carboxylic acids is 2. The first-order chi connectivity index (χ1) is 15.7. The molecule has 0 fully saturated rings. The van der Waals surface area contributed by atoms with Crippen molar-refractivity contribution in [1.29, 1.82) is 0 Å². The molecule has 6 nitrogen and oxygen atoms in total. The van der Waals surface area contributed by atoms with E-state index in [2.05, 4.69) is 26.5 Å². The van der Waals surface area contributed by atoms with Crippen molar-refractivity contribution in [3.05, 3.63) is 91.3 Å². The molecule has 0 saturated heterocycles. The van der Waals surface area contributed by atoms with Crippen LogP contribution in [0.1, 0.15) is 22.8 Å². The molecule has 170 valence electrons. The average Bonchev–Trinajstić information content (AvgIpc) is 2.77. The van der Waals surface area contributed by atoms with Crippen LogP contribution in [-0.2, 0) is 4.79 Å². The second-order valence-corrected chi connectivity index (χ2v) is 8.79. The summed E-state index contributed by atoms with van der Waals surface area (Å²) >= 11 is 21.4. The molecule has 3 rings (SSSR count). The minimum atomic E-state index is -0.888. The van der Waals surface area contributed by atoms with E-state index in [0.717, 1.165) is 4.47 Å². The molecule has 0 radical (unpaired) electrons. The Kier molecular flexibility index (Phi) is 8.74. The number of esters is 1. The van der Waals surface area contributed by atoms with Gasteiger partial charge in [0.1, 0.15) is 11.5 Å². The normalized spacial score (nSPS) is 11.8. The monoisotopic (exact) mass is 568 g/mol. The summed E-state index contributed by atoms with van der Waals surface area (Å²) in [7, 11) is 0. The number of amides is 1. The van der Waals surface area contributed by atoms with Crippen LogP contribution in [0.5, 0.6) is 11.5 Å². The van der Waals surface area contributed by atoms with Crippen LogP contribution in [0.2, 0.25) is 15.1 Å². The second-order valence-electron chi connectivity index (χ2n) is 6.62. The van der Waals surface area contributed by atoms with Crippen molar-refractivity contribution in [1.82, 2.24) is 5.43 Å². The Hall–Kier alpha value is -2.58. The van der Waals surface area contributed by atoms with E-state index >= 15 is 0 Å². The molecule has 1 amide bonds. The predicted molar refractivity (Wildman–Crippen MR) is 133 cm³/mol. The summed E-state index contributed by atoms with van der Waals surface area (Å²) in [5.41, 5.74) is 3.05. The Bertz CT molecular complexity index is 1220. The molecule has 3 aromatic rings. The van der Waals surface area contributed by atoms with Gasteiger partial charge in [0, 0.05) is 15.1 Å². The van der Waals surface area contributed by atoms with Crippen LogP contribution in [0.25, 0.3) is 0 Å². The first-order valence-electron chi connectivity index (χ1n) is 9.45. The lowest BCUT2D eigenvalue weighted by Crippen LogP contribution is -2.33. The standard InChI is InChI=1S/C23H16BrCl3N2O4/c1-13(32-21-9-7-16(25)11-19(21)27)22(30)29-28-12-14-10-15(24)6-8-20(14)33-23(31)17-4-2-3-5-18(17)26/h2-13H,1H3,(H,29,30)/b28-12-/t13-/m0/s1. The van der Waals surface area contributed by atoms with E-state index in [0.29, 0.717) is 16.3 Å². The smallest absolute Gasteiger partial charge is 0.345 e. The summed E-state index contributed by atoms with van der Waals surface area (Å²) in [6.07, 6.45) is 0.459. The molecular weight excluding hydrogens is 555 g/mol. The highest BCUT2D eigenvalue weighted by Gasteiger charge is 2.17. The molecule has 1 N–H and O–H groups in total. The molecule has 0 spiro atoms. The number of hydrazone groups is 1. The van der Waals surface area contributed by atoms with Crippen LogP contribution in [-0.4, -0.2) is 24.2 Å². The van der Waals surface area contributed by atoms with Gasteiger partial charge in [0.2, 0.25) is 0 Å². The summed E-state index contributed by atoms with van der Waals surface area (Å²) in [5.74, 6) is -0.586. The Morgan fingerprint density at radius 3 is 2.45 bits per heavy atom. The van der Waals surface area contributed by atoms with Crippen LogP contribution in [0.4, 0.5) is 0 Å². The summed E-state index contributed by atoms with van der Waals surface area (Å²) in [6.45, 7) is 1.55. The maximum Gasteiger partial charge on any atom is 0.345 e. The van der Waals surface area contributed by atoms with Crippen molar-refractivity contribution in [2.75, 3.05) is 0 Å². The van der Waals surface area contributed by atoms with E-state index in [1.807, 2.05) is 0 Å². The van der Waals surface area contributed by atoms with Crippen LogP contribution in [0.15, 0.2) is 70.2 Å². The van der Waals surface area contributed by atoms with E-state index in [4.69, 9.17) is 44.3 Å². The second kappa shape index (κ2) is 11.5. The molecule has 0 bridgehead atoms. The lowest BCUT2D eigenvalue weighted by atomic mass is 10.2.